The molecule has 5 nitrogen and oxygen atoms in total. The van der Waals surface area contributed by atoms with Gasteiger partial charge in [-0.15, -0.1) is 0 Å². The van der Waals surface area contributed by atoms with Crippen molar-refractivity contribution in [2.24, 2.45) is 5.73 Å². The molecule has 0 aliphatic rings. The summed E-state index contributed by atoms with van der Waals surface area (Å²) in [5.74, 6) is 0. The molecule has 3 N–H and O–H groups in total. The minimum atomic E-state index is -2.56. The van der Waals surface area contributed by atoms with Gasteiger partial charge in [-0.25, -0.2) is 13.1 Å². The van der Waals surface area contributed by atoms with Crippen molar-refractivity contribution in [3.8, 4) is 0 Å². The third kappa shape index (κ3) is 3.58. The van der Waals surface area contributed by atoms with E-state index in [0.29, 0.717) is 0 Å². The number of pyridine rings is 1. The molecule has 0 radical (unpaired) electrons. The Kier molecular flexibility index (Phi) is 4.19. The van der Waals surface area contributed by atoms with Gasteiger partial charge in [0.25, 0.3) is 0 Å². The van der Waals surface area contributed by atoms with Crippen molar-refractivity contribution < 1.29 is 8.42 Å². The number of nitrogens with one attached hydrogen (secondary N) is 1. The summed E-state index contributed by atoms with van der Waals surface area (Å²) in [5, 5.41) is 0. The highest BCUT2D eigenvalue weighted by molar-refractivity contribution is 7.70. The van der Waals surface area contributed by atoms with Crippen LogP contribution in [0.2, 0.25) is 0 Å². The predicted octanol–water partition coefficient (Wildman–Crippen LogP) is 0.0257. The first kappa shape index (κ1) is 12.1. The van der Waals surface area contributed by atoms with Crippen LogP contribution in [0.5, 0.6) is 0 Å². The van der Waals surface area contributed by atoms with E-state index >= 15 is 0 Å². The van der Waals surface area contributed by atoms with E-state index < -0.39 is 10.9 Å². The molecule has 84 valence electrons. The Balaban J connectivity index is 2.83. The van der Waals surface area contributed by atoms with Gasteiger partial charge in [-0.05, 0) is 25.5 Å². The molecule has 1 aromatic rings. The van der Waals surface area contributed by atoms with Crippen molar-refractivity contribution in [2.45, 2.75) is 26.4 Å². The summed E-state index contributed by atoms with van der Waals surface area (Å²) in [6.45, 7) is 3.96. The van der Waals surface area contributed by atoms with Gasteiger partial charge >= 0.3 is 0 Å². The van der Waals surface area contributed by atoms with Gasteiger partial charge in [0.1, 0.15) is 0 Å². The monoisotopic (exact) mass is 229 g/mol. The Hall–Kier alpha value is -0.980. The van der Waals surface area contributed by atoms with Gasteiger partial charge in [-0.1, -0.05) is 6.07 Å². The number of nitrogens with two attached hydrogens (primary N) is 1. The molecule has 0 unspecified atom stereocenters. The molecule has 0 aliphatic carbocycles. The molecular formula is C9H15N3O2S. The number of thiol groups is 1. The Morgan fingerprint density at radius 1 is 1.53 bits per heavy atom. The Bertz CT molecular complexity index is 408. The lowest BCUT2D eigenvalue weighted by Gasteiger charge is -2.08. The third-order valence-electron chi connectivity index (χ3n) is 2.08. The first-order valence-corrected chi connectivity index (χ1v) is 5.78. The molecule has 6 heteroatoms. The van der Waals surface area contributed by atoms with Crippen molar-refractivity contribution in [3.63, 3.8) is 0 Å². The maximum absolute atomic E-state index is 10.3. The molecule has 15 heavy (non-hydrogen) atoms. The molecule has 1 heterocycles. The summed E-state index contributed by atoms with van der Waals surface area (Å²) in [5.41, 5.74) is 8.15. The molecule has 0 spiro atoms. The fourth-order valence-electron chi connectivity index (χ4n) is 1.20. The first-order chi connectivity index (χ1) is 7.00. The standard InChI is InChI=1S/C9H15N3O2S/c1-6(10)9-4-3-8(7(2)12-9)5-11-15(13)14/h3-4,6,15H,5,10H2,1-2H3,(H,11,13,14)/t6-/m1/s1. The second-order valence-corrected chi connectivity index (χ2v) is 4.19. The van der Waals surface area contributed by atoms with E-state index in [4.69, 9.17) is 5.73 Å². The Morgan fingerprint density at radius 3 is 2.67 bits per heavy atom. The molecule has 0 saturated carbocycles. The predicted molar refractivity (Wildman–Crippen MR) is 58.7 cm³/mol. The highest BCUT2D eigenvalue weighted by Gasteiger charge is 2.04. The fourth-order valence-corrected chi connectivity index (χ4v) is 1.50. The quantitative estimate of drug-likeness (QED) is 0.636. The van der Waals surface area contributed by atoms with Crippen LogP contribution in [0.25, 0.3) is 0 Å². The van der Waals surface area contributed by atoms with Gasteiger partial charge in [0.15, 0.2) is 0 Å². The topological polar surface area (TPSA) is 85.1 Å². The molecule has 1 rings (SSSR count). The minimum absolute atomic E-state index is 0.109. The first-order valence-electron chi connectivity index (χ1n) is 4.60. The summed E-state index contributed by atoms with van der Waals surface area (Å²) in [4.78, 5) is 4.29. The molecular weight excluding hydrogens is 214 g/mol. The van der Waals surface area contributed by atoms with Gasteiger partial charge < -0.3 is 5.73 Å². The zero-order valence-corrected chi connectivity index (χ0v) is 9.62. The van der Waals surface area contributed by atoms with Crippen LogP contribution in [0, 0.1) is 6.92 Å². The zero-order chi connectivity index (χ0) is 11.4. The number of aryl methyl sites for hydroxylation is 1. The number of rotatable bonds is 4. The Labute approximate surface area is 90.8 Å². The lowest BCUT2D eigenvalue weighted by Crippen LogP contribution is -2.14. The van der Waals surface area contributed by atoms with Gasteiger partial charge in [0.2, 0.25) is 10.9 Å². The van der Waals surface area contributed by atoms with E-state index in [1.54, 1.807) is 0 Å². The molecule has 1 atom stereocenters. The maximum atomic E-state index is 10.3. The average Bonchev–Trinajstić information content (AvgIpc) is 2.15. The molecule has 0 saturated heterocycles. The highest BCUT2D eigenvalue weighted by Crippen LogP contribution is 2.11. The van der Waals surface area contributed by atoms with E-state index in [2.05, 4.69) is 9.71 Å². The van der Waals surface area contributed by atoms with Gasteiger partial charge in [-0.2, -0.15) is 0 Å². The molecule has 0 aromatic carbocycles. The largest absolute Gasteiger partial charge is 0.323 e. The van der Waals surface area contributed by atoms with Gasteiger partial charge in [0, 0.05) is 18.3 Å². The van der Waals surface area contributed by atoms with Crippen LogP contribution in [-0.2, 0) is 17.4 Å². The highest BCUT2D eigenvalue weighted by atomic mass is 32.2. The van der Waals surface area contributed by atoms with Gasteiger partial charge in [-0.3, -0.25) is 4.98 Å². The van der Waals surface area contributed by atoms with E-state index in [9.17, 15) is 8.42 Å². The maximum Gasteiger partial charge on any atom is 0.201 e. The van der Waals surface area contributed by atoms with Crippen molar-refractivity contribution in [1.82, 2.24) is 9.71 Å². The second-order valence-electron chi connectivity index (χ2n) is 3.36. The van der Waals surface area contributed by atoms with E-state index in [-0.39, 0.29) is 12.6 Å². The van der Waals surface area contributed by atoms with Crippen LogP contribution in [-0.4, -0.2) is 13.4 Å². The van der Waals surface area contributed by atoms with Crippen LogP contribution in [0.4, 0.5) is 0 Å². The van der Waals surface area contributed by atoms with E-state index in [1.807, 2.05) is 26.0 Å². The number of hydrogen-bond donors (Lipinski definition) is 3. The van der Waals surface area contributed by atoms with Crippen molar-refractivity contribution >= 4 is 10.9 Å². The average molecular weight is 229 g/mol. The summed E-state index contributed by atoms with van der Waals surface area (Å²) in [6.07, 6.45) is 0. The van der Waals surface area contributed by atoms with E-state index in [1.165, 1.54) is 0 Å². The molecule has 0 amide bonds. The van der Waals surface area contributed by atoms with Crippen LogP contribution in [0.15, 0.2) is 12.1 Å². The number of hydrogen-bond acceptors (Lipinski definition) is 4. The Morgan fingerprint density at radius 2 is 2.20 bits per heavy atom. The molecule has 0 fully saturated rings. The summed E-state index contributed by atoms with van der Waals surface area (Å²) < 4.78 is 23.0. The normalized spacial score (nSPS) is 13.1. The lowest BCUT2D eigenvalue weighted by atomic mass is 10.1. The smallest absolute Gasteiger partial charge is 0.201 e. The second kappa shape index (κ2) is 5.20. The number of nitrogens with zero attached hydrogens (tertiary/aromatic N) is 1. The van der Waals surface area contributed by atoms with Crippen LogP contribution in [0.3, 0.4) is 0 Å². The molecule has 1 aromatic heterocycles. The van der Waals surface area contributed by atoms with Crippen LogP contribution in [0.1, 0.15) is 29.9 Å². The lowest BCUT2D eigenvalue weighted by molar-refractivity contribution is 0.601. The molecule has 0 bridgehead atoms. The van der Waals surface area contributed by atoms with Crippen molar-refractivity contribution in [2.75, 3.05) is 0 Å². The van der Waals surface area contributed by atoms with E-state index in [0.717, 1.165) is 17.0 Å². The zero-order valence-electron chi connectivity index (χ0n) is 8.73. The van der Waals surface area contributed by atoms with Crippen LogP contribution >= 0.6 is 0 Å². The number of aromatic nitrogens is 1. The SMILES string of the molecule is Cc1nc([C@@H](C)N)ccc1CN[SH](=O)=O. The summed E-state index contributed by atoms with van der Waals surface area (Å²) in [6, 6.07) is 3.54. The fraction of sp³-hybridized carbons (Fsp3) is 0.444. The minimum Gasteiger partial charge on any atom is -0.323 e. The van der Waals surface area contributed by atoms with Crippen molar-refractivity contribution in [1.29, 1.82) is 0 Å². The summed E-state index contributed by atoms with van der Waals surface area (Å²) >= 11 is 0. The molecule has 0 aliphatic heterocycles. The van der Waals surface area contributed by atoms with Crippen molar-refractivity contribution in [3.05, 3.63) is 29.1 Å². The third-order valence-corrected chi connectivity index (χ3v) is 2.50. The van der Waals surface area contributed by atoms with Gasteiger partial charge in [0.05, 0.1) is 5.69 Å². The van der Waals surface area contributed by atoms with Crippen LogP contribution < -0.4 is 10.5 Å². The summed E-state index contributed by atoms with van der Waals surface area (Å²) in [7, 11) is -2.56.